The molecule has 146 valence electrons. The molecule has 6 nitrogen and oxygen atoms in total. The van der Waals surface area contributed by atoms with Crippen molar-refractivity contribution in [3.8, 4) is 0 Å². The lowest BCUT2D eigenvalue weighted by Gasteiger charge is -2.33. The number of ether oxygens (including phenoxy) is 1. The largest absolute Gasteiger partial charge is 0.461 e. The Kier molecular flexibility index (Phi) is 5.79. The number of aromatic nitrogens is 3. The van der Waals surface area contributed by atoms with Gasteiger partial charge in [0.15, 0.2) is 0 Å². The molecule has 0 spiro atoms. The summed E-state index contributed by atoms with van der Waals surface area (Å²) in [5.74, 6) is -3.65. The zero-order chi connectivity index (χ0) is 20.1. The number of hydrogen-bond acceptors (Lipinski definition) is 5. The summed E-state index contributed by atoms with van der Waals surface area (Å²) in [4.78, 5) is 16.4. The number of aliphatic hydroxyl groups is 1. The van der Waals surface area contributed by atoms with Crippen molar-refractivity contribution in [2.45, 2.75) is 25.7 Å². The summed E-state index contributed by atoms with van der Waals surface area (Å²) in [6.07, 6.45) is 2.58. The average molecular weight is 387 g/mol. The molecule has 0 unspecified atom stereocenters. The number of esters is 1. The van der Waals surface area contributed by atoms with Crippen LogP contribution in [0.1, 0.15) is 18.1 Å². The predicted octanol–water partition coefficient (Wildman–Crippen LogP) is 2.82. The van der Waals surface area contributed by atoms with Gasteiger partial charge < -0.3 is 9.84 Å². The van der Waals surface area contributed by atoms with E-state index in [9.17, 15) is 18.7 Å². The van der Waals surface area contributed by atoms with E-state index in [1.165, 1.54) is 24.3 Å². The van der Waals surface area contributed by atoms with Gasteiger partial charge in [-0.25, -0.2) is 18.4 Å². The van der Waals surface area contributed by atoms with E-state index in [1.807, 2.05) is 18.2 Å². The van der Waals surface area contributed by atoms with Crippen molar-refractivity contribution in [3.63, 3.8) is 0 Å². The van der Waals surface area contributed by atoms with Crippen molar-refractivity contribution in [2.24, 2.45) is 5.92 Å². The van der Waals surface area contributed by atoms with Gasteiger partial charge in [-0.05, 0) is 18.6 Å². The molecule has 3 rings (SSSR count). The molecule has 8 heteroatoms. The maximum atomic E-state index is 14.5. The first kappa shape index (κ1) is 19.6. The first-order valence-corrected chi connectivity index (χ1v) is 8.61. The van der Waals surface area contributed by atoms with Gasteiger partial charge >= 0.3 is 5.97 Å². The van der Waals surface area contributed by atoms with E-state index in [4.69, 9.17) is 4.74 Å². The average Bonchev–Trinajstić information content (AvgIpc) is 3.18. The number of hydrogen-bond donors (Lipinski definition) is 1. The molecule has 0 radical (unpaired) electrons. The molecular weight excluding hydrogens is 368 g/mol. The second-order valence-corrected chi connectivity index (χ2v) is 6.46. The first-order valence-electron chi connectivity index (χ1n) is 8.61. The zero-order valence-electron chi connectivity index (χ0n) is 15.1. The lowest BCUT2D eigenvalue weighted by molar-refractivity contribution is -0.161. The van der Waals surface area contributed by atoms with Crippen LogP contribution in [0.5, 0.6) is 0 Å². The summed E-state index contributed by atoms with van der Waals surface area (Å²) < 4.78 is 34.4. The molecule has 28 heavy (non-hydrogen) atoms. The lowest BCUT2D eigenvalue weighted by Crippen LogP contribution is -2.43. The third-order valence-electron chi connectivity index (χ3n) is 4.56. The van der Waals surface area contributed by atoms with Crippen LogP contribution in [0.25, 0.3) is 0 Å². The highest BCUT2D eigenvalue weighted by molar-refractivity contribution is 5.74. The van der Waals surface area contributed by atoms with Crippen LogP contribution in [0.3, 0.4) is 0 Å². The number of nitrogens with zero attached hydrogens (tertiary/aromatic N) is 3. The summed E-state index contributed by atoms with van der Waals surface area (Å²) in [6.45, 7) is 1.17. The van der Waals surface area contributed by atoms with Crippen molar-refractivity contribution in [2.75, 3.05) is 0 Å². The molecule has 0 aliphatic rings. The molecule has 0 fully saturated rings. The molecular formula is C20H19F2N3O3. The standard InChI is InChI=1S/C20H19F2N3O3/c1-14(19(26)28-10-15-5-3-2-4-6-15)20(27,11-25-13-23-12-24-25)17-8-7-16(21)9-18(17)22/h2-9,12-14,27H,10-11H2,1H3/t14-,20+/m0/s1. The van der Waals surface area contributed by atoms with Gasteiger partial charge in [-0.15, -0.1) is 0 Å². The lowest BCUT2D eigenvalue weighted by atomic mass is 9.81. The van der Waals surface area contributed by atoms with E-state index in [0.29, 0.717) is 6.07 Å². The normalized spacial score (nSPS) is 14.3. The number of benzene rings is 2. The Morgan fingerprint density at radius 1 is 1.25 bits per heavy atom. The molecule has 0 aliphatic heterocycles. The smallest absolute Gasteiger partial charge is 0.312 e. The minimum Gasteiger partial charge on any atom is -0.461 e. The van der Waals surface area contributed by atoms with Crippen molar-refractivity contribution in [1.82, 2.24) is 14.8 Å². The molecule has 0 saturated heterocycles. The maximum Gasteiger partial charge on any atom is 0.312 e. The van der Waals surface area contributed by atoms with E-state index in [-0.39, 0.29) is 18.7 Å². The van der Waals surface area contributed by atoms with Crippen molar-refractivity contribution in [1.29, 1.82) is 0 Å². The SMILES string of the molecule is C[C@@H](C(=O)OCc1ccccc1)[C@](O)(Cn1cncn1)c1ccc(F)cc1F. The van der Waals surface area contributed by atoms with Gasteiger partial charge in [-0.1, -0.05) is 36.4 Å². The second kappa shape index (κ2) is 8.26. The van der Waals surface area contributed by atoms with Gasteiger partial charge in [-0.3, -0.25) is 4.79 Å². The fourth-order valence-electron chi connectivity index (χ4n) is 2.91. The summed E-state index contributed by atoms with van der Waals surface area (Å²) in [5.41, 5.74) is -1.48. The molecule has 1 aromatic heterocycles. The highest BCUT2D eigenvalue weighted by Crippen LogP contribution is 2.34. The topological polar surface area (TPSA) is 77.2 Å². The fourth-order valence-corrected chi connectivity index (χ4v) is 2.91. The van der Waals surface area contributed by atoms with Gasteiger partial charge in [0.2, 0.25) is 0 Å². The van der Waals surface area contributed by atoms with Crippen LogP contribution in [0.4, 0.5) is 8.78 Å². The predicted molar refractivity (Wildman–Crippen MR) is 95.7 cm³/mol. The Morgan fingerprint density at radius 2 is 2.00 bits per heavy atom. The minimum atomic E-state index is -2.03. The maximum absolute atomic E-state index is 14.5. The van der Waals surface area contributed by atoms with Crippen LogP contribution in [-0.4, -0.2) is 25.8 Å². The molecule has 2 atom stereocenters. The molecule has 0 bridgehead atoms. The Hall–Kier alpha value is -3.13. The Morgan fingerprint density at radius 3 is 2.64 bits per heavy atom. The van der Waals surface area contributed by atoms with Crippen LogP contribution in [0.2, 0.25) is 0 Å². The molecule has 0 amide bonds. The molecule has 2 aromatic carbocycles. The summed E-state index contributed by atoms with van der Waals surface area (Å²) in [6, 6.07) is 11.8. The van der Waals surface area contributed by atoms with E-state index < -0.39 is 29.1 Å². The van der Waals surface area contributed by atoms with Gasteiger partial charge in [-0.2, -0.15) is 5.10 Å². The Bertz CT molecular complexity index is 935. The summed E-state index contributed by atoms with van der Waals surface area (Å²) >= 11 is 0. The van der Waals surface area contributed by atoms with Crippen LogP contribution in [-0.2, 0) is 28.3 Å². The summed E-state index contributed by atoms with van der Waals surface area (Å²) in [7, 11) is 0. The monoisotopic (exact) mass is 387 g/mol. The zero-order valence-corrected chi connectivity index (χ0v) is 15.1. The van der Waals surface area contributed by atoms with Crippen molar-refractivity contribution >= 4 is 5.97 Å². The van der Waals surface area contributed by atoms with E-state index in [1.54, 1.807) is 12.1 Å². The first-order chi connectivity index (χ1) is 13.4. The minimum absolute atomic E-state index is 0.00924. The van der Waals surface area contributed by atoms with Crippen molar-refractivity contribution < 1.29 is 23.4 Å². The van der Waals surface area contributed by atoms with E-state index >= 15 is 0 Å². The molecule has 1 N–H and O–H groups in total. The number of carbonyl (C=O) groups excluding carboxylic acids is 1. The van der Waals surface area contributed by atoms with Gasteiger partial charge in [0.05, 0.1) is 12.5 Å². The van der Waals surface area contributed by atoms with Gasteiger partial charge in [0.25, 0.3) is 0 Å². The van der Waals surface area contributed by atoms with E-state index in [0.717, 1.165) is 17.7 Å². The molecule has 0 saturated carbocycles. The molecule has 1 heterocycles. The number of carbonyl (C=O) groups is 1. The van der Waals surface area contributed by atoms with Crippen LogP contribution >= 0.6 is 0 Å². The highest BCUT2D eigenvalue weighted by atomic mass is 19.1. The van der Waals surface area contributed by atoms with Gasteiger partial charge in [0.1, 0.15) is 36.5 Å². The molecule has 0 aliphatic carbocycles. The van der Waals surface area contributed by atoms with Crippen LogP contribution in [0, 0.1) is 17.6 Å². The highest BCUT2D eigenvalue weighted by Gasteiger charge is 2.43. The van der Waals surface area contributed by atoms with Crippen LogP contribution < -0.4 is 0 Å². The van der Waals surface area contributed by atoms with E-state index in [2.05, 4.69) is 10.1 Å². The Balaban J connectivity index is 1.87. The quantitative estimate of drug-likeness (QED) is 0.631. The fraction of sp³-hybridized carbons (Fsp3) is 0.250. The van der Waals surface area contributed by atoms with Crippen molar-refractivity contribution in [3.05, 3.63) is 83.9 Å². The second-order valence-electron chi connectivity index (χ2n) is 6.46. The third kappa shape index (κ3) is 4.23. The summed E-state index contributed by atoms with van der Waals surface area (Å²) in [5, 5.41) is 15.2. The number of rotatable bonds is 7. The number of halogens is 2. The Labute approximate surface area is 160 Å². The third-order valence-corrected chi connectivity index (χ3v) is 4.56. The van der Waals surface area contributed by atoms with Crippen LogP contribution in [0.15, 0.2) is 61.2 Å². The molecule has 3 aromatic rings. The van der Waals surface area contributed by atoms with Gasteiger partial charge in [0, 0.05) is 11.6 Å².